The second-order valence-electron chi connectivity index (χ2n) is 9.81. The summed E-state index contributed by atoms with van der Waals surface area (Å²) >= 11 is 0. The molecule has 1 aromatic heterocycles. The summed E-state index contributed by atoms with van der Waals surface area (Å²) in [7, 11) is -7.61. The molecule has 0 spiro atoms. The Morgan fingerprint density at radius 1 is 1.14 bits per heavy atom. The van der Waals surface area contributed by atoms with Crippen LogP contribution in [-0.2, 0) is 24.7 Å². The molecule has 4 rings (SSSR count). The maximum Gasteiger partial charge on any atom is 0.263 e. The summed E-state index contributed by atoms with van der Waals surface area (Å²) in [6.07, 6.45) is 5.32. The Balaban J connectivity index is 1.44. The predicted molar refractivity (Wildman–Crippen MR) is 130 cm³/mol. The molecular weight excluding hydrogens is 511 g/mol. The summed E-state index contributed by atoms with van der Waals surface area (Å²) in [5.74, 6) is -0.572. The van der Waals surface area contributed by atoms with Crippen LogP contribution in [0.15, 0.2) is 46.3 Å². The monoisotopic (exact) mass is 540 g/mol. The first-order valence-corrected chi connectivity index (χ1v) is 14.9. The normalized spacial score (nSPS) is 22.4. The molecule has 36 heavy (non-hydrogen) atoms. The molecule has 2 bridgehead atoms. The molecule has 13 heteroatoms. The maximum absolute atomic E-state index is 13.6. The largest absolute Gasteiger partial charge is 0.477 e. The fourth-order valence-corrected chi connectivity index (χ4v) is 6.16. The molecule has 3 N–H and O–H groups in total. The van der Waals surface area contributed by atoms with E-state index in [0.717, 1.165) is 31.2 Å². The first-order valence-electron chi connectivity index (χ1n) is 11.4. The number of carbonyl (C=O) groups excluding carboxylic acids is 1. The van der Waals surface area contributed by atoms with E-state index in [4.69, 9.17) is 9.88 Å². The number of benzene rings is 1. The number of halogens is 1. The number of ether oxygens (including phenoxy) is 1. The van der Waals surface area contributed by atoms with Crippen LogP contribution in [0.4, 0.5) is 10.2 Å². The van der Waals surface area contributed by atoms with Crippen molar-refractivity contribution in [3.8, 4) is 5.75 Å². The van der Waals surface area contributed by atoms with Crippen molar-refractivity contribution < 1.29 is 30.8 Å². The van der Waals surface area contributed by atoms with Gasteiger partial charge in [-0.05, 0) is 69.9 Å². The van der Waals surface area contributed by atoms with E-state index in [0.29, 0.717) is 18.7 Å². The molecule has 0 saturated carbocycles. The second-order valence-corrected chi connectivity index (χ2v) is 13.4. The Bertz CT molecular complexity index is 1370. The molecule has 2 aromatic rings. The molecule has 196 valence electrons. The SMILES string of the molecule is CC(C)(Oc1ccc(F)cc1S(C)(=O)=O)C(=O)NC1CC2CCC(C1)N2c1ccc(S(N)(=O)=O)cn1. The van der Waals surface area contributed by atoms with E-state index in [-0.39, 0.29) is 33.7 Å². The molecule has 2 saturated heterocycles. The topological polar surface area (TPSA) is 149 Å². The second kappa shape index (κ2) is 9.27. The van der Waals surface area contributed by atoms with E-state index in [1.165, 1.54) is 32.2 Å². The minimum atomic E-state index is -3.83. The van der Waals surface area contributed by atoms with E-state index in [2.05, 4.69) is 15.2 Å². The number of nitrogens with one attached hydrogen (secondary N) is 1. The van der Waals surface area contributed by atoms with Crippen LogP contribution in [0.2, 0.25) is 0 Å². The molecule has 0 radical (unpaired) electrons. The van der Waals surface area contributed by atoms with Crippen LogP contribution in [0.25, 0.3) is 0 Å². The summed E-state index contributed by atoms with van der Waals surface area (Å²) in [5.41, 5.74) is -1.42. The lowest BCUT2D eigenvalue weighted by Crippen LogP contribution is -2.55. The van der Waals surface area contributed by atoms with Gasteiger partial charge in [0.2, 0.25) is 10.0 Å². The summed E-state index contributed by atoms with van der Waals surface area (Å²) in [4.78, 5) is 19.2. The molecule has 1 aromatic carbocycles. The van der Waals surface area contributed by atoms with Crippen LogP contribution >= 0.6 is 0 Å². The van der Waals surface area contributed by atoms with E-state index in [1.807, 2.05) is 0 Å². The zero-order valence-corrected chi connectivity index (χ0v) is 21.8. The molecule has 2 fully saturated rings. The minimum Gasteiger partial charge on any atom is -0.477 e. The average molecular weight is 541 g/mol. The summed E-state index contributed by atoms with van der Waals surface area (Å²) in [6, 6.07) is 6.31. The third kappa shape index (κ3) is 5.47. The molecule has 0 aliphatic carbocycles. The lowest BCUT2D eigenvalue weighted by molar-refractivity contribution is -0.135. The Morgan fingerprint density at radius 2 is 1.78 bits per heavy atom. The van der Waals surface area contributed by atoms with Gasteiger partial charge in [-0.1, -0.05) is 0 Å². The first kappa shape index (κ1) is 26.3. The zero-order chi connectivity index (χ0) is 26.5. The van der Waals surface area contributed by atoms with Crippen LogP contribution in [0.1, 0.15) is 39.5 Å². The van der Waals surface area contributed by atoms with Crippen molar-refractivity contribution in [2.24, 2.45) is 5.14 Å². The Hall–Kier alpha value is -2.77. The quantitative estimate of drug-likeness (QED) is 0.540. The summed E-state index contributed by atoms with van der Waals surface area (Å²) < 4.78 is 66.6. The molecular formula is C23H29FN4O6S2. The van der Waals surface area contributed by atoms with Gasteiger partial charge in [0, 0.05) is 30.6 Å². The molecule has 2 aliphatic rings. The molecule has 2 aliphatic heterocycles. The van der Waals surface area contributed by atoms with Gasteiger partial charge in [-0.3, -0.25) is 4.79 Å². The number of hydrogen-bond donors (Lipinski definition) is 2. The van der Waals surface area contributed by atoms with Gasteiger partial charge in [0.15, 0.2) is 15.4 Å². The number of sulfone groups is 1. The van der Waals surface area contributed by atoms with E-state index >= 15 is 0 Å². The molecule has 3 heterocycles. The minimum absolute atomic E-state index is 0.0526. The number of hydrogen-bond acceptors (Lipinski definition) is 8. The van der Waals surface area contributed by atoms with Gasteiger partial charge in [-0.15, -0.1) is 0 Å². The number of amides is 1. The predicted octanol–water partition coefficient (Wildman–Crippen LogP) is 1.75. The van der Waals surface area contributed by atoms with E-state index in [9.17, 15) is 26.0 Å². The number of rotatable bonds is 7. The van der Waals surface area contributed by atoms with Crippen molar-refractivity contribution in [1.29, 1.82) is 0 Å². The Kier molecular flexibility index (Phi) is 6.77. The van der Waals surface area contributed by atoms with Gasteiger partial charge in [0.05, 0.1) is 0 Å². The van der Waals surface area contributed by atoms with Crippen LogP contribution in [0, 0.1) is 5.82 Å². The highest BCUT2D eigenvalue weighted by Gasteiger charge is 2.43. The number of carbonyl (C=O) groups is 1. The number of sulfonamides is 1. The van der Waals surface area contributed by atoms with E-state index in [1.54, 1.807) is 6.07 Å². The number of aromatic nitrogens is 1. The van der Waals surface area contributed by atoms with Crippen molar-refractivity contribution in [3.63, 3.8) is 0 Å². The molecule has 1 amide bonds. The number of piperidine rings is 1. The number of fused-ring (bicyclic) bond motifs is 2. The number of anilines is 1. The van der Waals surface area contributed by atoms with Crippen molar-refractivity contribution in [2.75, 3.05) is 11.2 Å². The summed E-state index contributed by atoms with van der Waals surface area (Å²) in [6.45, 7) is 3.05. The highest BCUT2D eigenvalue weighted by Crippen LogP contribution is 2.39. The van der Waals surface area contributed by atoms with Gasteiger partial charge in [0.1, 0.15) is 27.2 Å². The van der Waals surface area contributed by atoms with Crippen molar-refractivity contribution >= 4 is 31.6 Å². The first-order chi connectivity index (χ1) is 16.6. The highest BCUT2D eigenvalue weighted by atomic mass is 32.2. The fourth-order valence-electron chi connectivity index (χ4n) is 4.90. The Morgan fingerprint density at radius 3 is 2.31 bits per heavy atom. The number of primary sulfonamides is 1. The van der Waals surface area contributed by atoms with Gasteiger partial charge >= 0.3 is 0 Å². The third-order valence-corrected chi connectivity index (χ3v) is 8.62. The Labute approximate surface area is 210 Å². The van der Waals surface area contributed by atoms with Crippen LogP contribution in [0.3, 0.4) is 0 Å². The van der Waals surface area contributed by atoms with Crippen molar-refractivity contribution in [3.05, 3.63) is 42.3 Å². The van der Waals surface area contributed by atoms with Gasteiger partial charge in [0.25, 0.3) is 5.91 Å². The number of nitrogens with zero attached hydrogens (tertiary/aromatic N) is 2. The number of nitrogens with two attached hydrogens (primary N) is 1. The molecule has 2 unspecified atom stereocenters. The van der Waals surface area contributed by atoms with Gasteiger partial charge in [-0.2, -0.15) is 0 Å². The van der Waals surface area contributed by atoms with Crippen LogP contribution < -0.4 is 20.1 Å². The third-order valence-electron chi connectivity index (χ3n) is 6.60. The highest BCUT2D eigenvalue weighted by molar-refractivity contribution is 7.90. The number of pyridine rings is 1. The smallest absolute Gasteiger partial charge is 0.263 e. The fraction of sp³-hybridized carbons (Fsp3) is 0.478. The maximum atomic E-state index is 13.6. The van der Waals surface area contributed by atoms with E-state index < -0.39 is 37.2 Å². The van der Waals surface area contributed by atoms with Crippen LogP contribution in [0.5, 0.6) is 5.75 Å². The zero-order valence-electron chi connectivity index (χ0n) is 20.1. The standard InChI is InChI=1S/C23H29FN4O6S2/c1-23(2,34-19-8-4-14(24)10-20(19)35(3,30)31)22(29)27-15-11-16-5-6-17(12-15)28(16)21-9-7-18(13-26-21)36(25,32)33/h4,7-10,13,15-17H,5-6,11-12H2,1-3H3,(H,27,29)(H2,25,32,33). The molecule has 2 atom stereocenters. The van der Waals surface area contributed by atoms with Gasteiger partial charge < -0.3 is 15.0 Å². The summed E-state index contributed by atoms with van der Waals surface area (Å²) in [5, 5.41) is 8.18. The average Bonchev–Trinajstić information content (AvgIpc) is 3.04. The lowest BCUT2D eigenvalue weighted by Gasteiger charge is -2.40. The van der Waals surface area contributed by atoms with Crippen molar-refractivity contribution in [1.82, 2.24) is 10.3 Å². The van der Waals surface area contributed by atoms with Crippen LogP contribution in [-0.4, -0.2) is 57.7 Å². The lowest BCUT2D eigenvalue weighted by atomic mass is 9.96. The molecule has 10 nitrogen and oxygen atoms in total. The van der Waals surface area contributed by atoms with Gasteiger partial charge in [-0.25, -0.2) is 31.3 Å². The van der Waals surface area contributed by atoms with Crippen molar-refractivity contribution in [2.45, 2.75) is 73.0 Å².